The molecule has 0 aliphatic carbocycles. The normalized spacial score (nSPS) is 16.3. The molecule has 1 aromatic heterocycles. The SMILES string of the molecule is O=C(NC1CCN(C(=O)c2cc3c(cc2[N+](=O)[O-])OCCO3)CC1)c1ccsc1. The van der Waals surface area contributed by atoms with Crippen LogP contribution in [0.3, 0.4) is 0 Å². The predicted octanol–water partition coefficient (Wildman–Crippen LogP) is 2.46. The monoisotopic (exact) mass is 417 g/mol. The minimum absolute atomic E-state index is 0.0139. The van der Waals surface area contributed by atoms with E-state index in [1.165, 1.54) is 23.5 Å². The Morgan fingerprint density at radius 1 is 1.17 bits per heavy atom. The van der Waals surface area contributed by atoms with Crippen molar-refractivity contribution in [3.8, 4) is 11.5 Å². The molecule has 0 saturated carbocycles. The van der Waals surface area contributed by atoms with Gasteiger partial charge in [-0.2, -0.15) is 11.3 Å². The summed E-state index contributed by atoms with van der Waals surface area (Å²) in [4.78, 5) is 37.6. The number of fused-ring (bicyclic) bond motifs is 1. The van der Waals surface area contributed by atoms with Gasteiger partial charge in [0.25, 0.3) is 17.5 Å². The molecule has 2 aliphatic rings. The van der Waals surface area contributed by atoms with Crippen molar-refractivity contribution < 1.29 is 24.0 Å². The van der Waals surface area contributed by atoms with E-state index in [2.05, 4.69) is 5.32 Å². The number of hydrogen-bond donors (Lipinski definition) is 1. The molecule has 2 aromatic rings. The summed E-state index contributed by atoms with van der Waals surface area (Å²) in [5.41, 5.74) is 0.313. The smallest absolute Gasteiger partial charge is 0.286 e. The van der Waals surface area contributed by atoms with Gasteiger partial charge in [-0.25, -0.2) is 0 Å². The number of nitro groups is 1. The molecule has 0 atom stereocenters. The minimum atomic E-state index is -0.584. The number of benzene rings is 1. The number of nitrogens with one attached hydrogen (secondary N) is 1. The van der Waals surface area contributed by atoms with Crippen LogP contribution in [0.5, 0.6) is 11.5 Å². The van der Waals surface area contributed by atoms with Crippen LogP contribution in [0.15, 0.2) is 29.0 Å². The molecule has 0 bridgehead atoms. The van der Waals surface area contributed by atoms with Crippen molar-refractivity contribution in [3.05, 3.63) is 50.2 Å². The van der Waals surface area contributed by atoms with E-state index in [4.69, 9.17) is 9.47 Å². The number of piperidine rings is 1. The van der Waals surface area contributed by atoms with Crippen LogP contribution >= 0.6 is 11.3 Å². The van der Waals surface area contributed by atoms with Gasteiger partial charge in [-0.1, -0.05) is 0 Å². The summed E-state index contributed by atoms with van der Waals surface area (Å²) in [6, 6.07) is 4.36. The first-order valence-corrected chi connectivity index (χ1v) is 10.2. The molecule has 4 rings (SSSR count). The fourth-order valence-electron chi connectivity index (χ4n) is 3.46. The Balaban J connectivity index is 1.44. The van der Waals surface area contributed by atoms with E-state index >= 15 is 0 Å². The van der Waals surface area contributed by atoms with Gasteiger partial charge in [0.15, 0.2) is 11.5 Å². The van der Waals surface area contributed by atoms with E-state index in [0.717, 1.165) is 0 Å². The maximum Gasteiger partial charge on any atom is 0.286 e. The first-order valence-electron chi connectivity index (χ1n) is 9.23. The van der Waals surface area contributed by atoms with Gasteiger partial charge in [0.05, 0.1) is 11.0 Å². The van der Waals surface area contributed by atoms with Crippen LogP contribution in [-0.2, 0) is 0 Å². The topological polar surface area (TPSA) is 111 Å². The molecular formula is C19H19N3O6S. The third-order valence-electron chi connectivity index (χ3n) is 4.99. The second-order valence-electron chi connectivity index (χ2n) is 6.82. The summed E-state index contributed by atoms with van der Waals surface area (Å²) in [5.74, 6) is 0.0623. The van der Waals surface area contributed by atoms with Crippen molar-refractivity contribution in [1.29, 1.82) is 0 Å². The van der Waals surface area contributed by atoms with Gasteiger partial charge < -0.3 is 19.7 Å². The van der Waals surface area contributed by atoms with E-state index in [1.807, 2.05) is 5.38 Å². The fourth-order valence-corrected chi connectivity index (χ4v) is 4.10. The van der Waals surface area contributed by atoms with E-state index < -0.39 is 10.8 Å². The molecule has 1 saturated heterocycles. The molecule has 0 spiro atoms. The molecule has 0 unspecified atom stereocenters. The van der Waals surface area contributed by atoms with Crippen molar-refractivity contribution in [2.45, 2.75) is 18.9 Å². The number of rotatable bonds is 4. The summed E-state index contributed by atoms with van der Waals surface area (Å²) in [6.45, 7) is 1.44. The largest absolute Gasteiger partial charge is 0.486 e. The standard InChI is InChI=1S/C19H19N3O6S/c23-18(12-3-8-29-11-12)20-13-1-4-21(5-2-13)19(24)14-9-16-17(28-7-6-27-16)10-15(14)22(25)26/h3,8-11,13H,1-2,4-7H2,(H,20,23). The number of hydrogen-bond acceptors (Lipinski definition) is 7. The van der Waals surface area contributed by atoms with Gasteiger partial charge in [-0.15, -0.1) is 0 Å². The van der Waals surface area contributed by atoms with Gasteiger partial charge in [0, 0.05) is 36.1 Å². The first-order chi connectivity index (χ1) is 14.0. The Hall–Kier alpha value is -3.14. The first kappa shape index (κ1) is 19.2. The highest BCUT2D eigenvalue weighted by atomic mass is 32.1. The average Bonchev–Trinajstić information content (AvgIpc) is 3.28. The quantitative estimate of drug-likeness (QED) is 0.604. The van der Waals surface area contributed by atoms with Crippen molar-refractivity contribution in [2.24, 2.45) is 0 Å². The lowest BCUT2D eigenvalue weighted by molar-refractivity contribution is -0.385. The lowest BCUT2D eigenvalue weighted by Gasteiger charge is -2.32. The molecular weight excluding hydrogens is 398 g/mol. The van der Waals surface area contributed by atoms with Crippen LogP contribution in [0.2, 0.25) is 0 Å². The predicted molar refractivity (Wildman–Crippen MR) is 105 cm³/mol. The Kier molecular flexibility index (Phi) is 5.34. The molecule has 152 valence electrons. The molecule has 2 aliphatic heterocycles. The number of nitro benzene ring substituents is 1. The highest BCUT2D eigenvalue weighted by Crippen LogP contribution is 2.37. The molecule has 10 heteroatoms. The van der Waals surface area contributed by atoms with Gasteiger partial charge in [0.1, 0.15) is 18.8 Å². The van der Waals surface area contributed by atoms with Gasteiger partial charge >= 0.3 is 0 Å². The van der Waals surface area contributed by atoms with E-state index in [9.17, 15) is 19.7 Å². The van der Waals surface area contributed by atoms with Gasteiger partial charge in [0.2, 0.25) is 0 Å². The van der Waals surface area contributed by atoms with E-state index in [-0.39, 0.29) is 28.9 Å². The minimum Gasteiger partial charge on any atom is -0.486 e. The average molecular weight is 417 g/mol. The second kappa shape index (κ2) is 8.08. The van der Waals surface area contributed by atoms with E-state index in [1.54, 1.807) is 16.3 Å². The van der Waals surface area contributed by atoms with Gasteiger partial charge in [-0.3, -0.25) is 19.7 Å². The zero-order valence-electron chi connectivity index (χ0n) is 15.5. The van der Waals surface area contributed by atoms with Crippen LogP contribution in [0.25, 0.3) is 0 Å². The third kappa shape index (κ3) is 4.02. The lowest BCUT2D eigenvalue weighted by atomic mass is 10.0. The molecule has 0 radical (unpaired) electrons. The molecule has 29 heavy (non-hydrogen) atoms. The number of ether oxygens (including phenoxy) is 2. The Labute approximate surface area is 170 Å². The number of thiophene rings is 1. The maximum atomic E-state index is 13.0. The zero-order chi connectivity index (χ0) is 20.4. The Morgan fingerprint density at radius 2 is 1.86 bits per heavy atom. The van der Waals surface area contributed by atoms with Crippen LogP contribution in [0, 0.1) is 10.1 Å². The number of carbonyl (C=O) groups excluding carboxylic acids is 2. The summed E-state index contributed by atoms with van der Waals surface area (Å²) in [6.07, 6.45) is 1.17. The molecule has 2 amide bonds. The van der Waals surface area contributed by atoms with Gasteiger partial charge in [-0.05, 0) is 24.3 Å². The lowest BCUT2D eigenvalue weighted by Crippen LogP contribution is -2.46. The number of likely N-dealkylation sites (tertiary alicyclic amines) is 1. The van der Waals surface area contributed by atoms with Crippen molar-refractivity contribution in [1.82, 2.24) is 10.2 Å². The van der Waals surface area contributed by atoms with E-state index in [0.29, 0.717) is 50.5 Å². The van der Waals surface area contributed by atoms with Crippen LogP contribution in [0.4, 0.5) is 5.69 Å². The van der Waals surface area contributed by atoms with Crippen LogP contribution in [-0.4, -0.2) is 54.0 Å². The van der Waals surface area contributed by atoms with Crippen LogP contribution < -0.4 is 14.8 Å². The highest BCUT2D eigenvalue weighted by molar-refractivity contribution is 7.08. The summed E-state index contributed by atoms with van der Waals surface area (Å²) in [5, 5.41) is 18.1. The zero-order valence-corrected chi connectivity index (χ0v) is 16.3. The van der Waals surface area contributed by atoms with Crippen molar-refractivity contribution >= 4 is 28.8 Å². The molecule has 1 aromatic carbocycles. The van der Waals surface area contributed by atoms with Crippen molar-refractivity contribution in [3.63, 3.8) is 0 Å². The molecule has 9 nitrogen and oxygen atoms in total. The fraction of sp³-hybridized carbons (Fsp3) is 0.368. The second-order valence-corrected chi connectivity index (χ2v) is 7.60. The Morgan fingerprint density at radius 3 is 2.48 bits per heavy atom. The third-order valence-corrected chi connectivity index (χ3v) is 5.67. The highest BCUT2D eigenvalue weighted by Gasteiger charge is 2.31. The molecule has 3 heterocycles. The number of nitrogens with zero attached hydrogens (tertiary/aromatic N) is 2. The number of carbonyl (C=O) groups is 2. The molecule has 1 N–H and O–H groups in total. The summed E-state index contributed by atoms with van der Waals surface area (Å²) < 4.78 is 10.8. The maximum absolute atomic E-state index is 13.0. The van der Waals surface area contributed by atoms with Crippen LogP contribution in [0.1, 0.15) is 33.6 Å². The molecule has 1 fully saturated rings. The summed E-state index contributed by atoms with van der Waals surface area (Å²) >= 11 is 1.46. The summed E-state index contributed by atoms with van der Waals surface area (Å²) in [7, 11) is 0. The number of amides is 2. The van der Waals surface area contributed by atoms with Crippen molar-refractivity contribution in [2.75, 3.05) is 26.3 Å². The Bertz CT molecular complexity index is 938.